The number of hydrogen-bond acceptors (Lipinski definition) is 6. The maximum Gasteiger partial charge on any atom is 0.408 e. The molecule has 37 heavy (non-hydrogen) atoms. The highest BCUT2D eigenvalue weighted by molar-refractivity contribution is 7.99. The number of benzene rings is 2. The maximum absolute atomic E-state index is 13.8. The van der Waals surface area contributed by atoms with Crippen LogP contribution in [0.1, 0.15) is 43.1 Å². The van der Waals surface area contributed by atoms with E-state index in [4.69, 9.17) is 21.1 Å². The van der Waals surface area contributed by atoms with E-state index in [2.05, 4.69) is 10.6 Å². The van der Waals surface area contributed by atoms with Crippen molar-refractivity contribution in [3.63, 3.8) is 0 Å². The topological polar surface area (TPSA) is 97.0 Å². The first-order valence-corrected chi connectivity index (χ1v) is 13.6. The van der Waals surface area contributed by atoms with Crippen LogP contribution in [0.5, 0.6) is 0 Å². The number of carbonyl (C=O) groups excluding carboxylic acids is 3. The number of amides is 3. The zero-order valence-electron chi connectivity index (χ0n) is 21.2. The van der Waals surface area contributed by atoms with E-state index in [9.17, 15) is 14.4 Å². The number of fused-ring (bicyclic) bond motifs is 1. The molecule has 2 aromatic carbocycles. The lowest BCUT2D eigenvalue weighted by Crippen LogP contribution is -2.50. The van der Waals surface area contributed by atoms with Crippen LogP contribution in [0.3, 0.4) is 0 Å². The van der Waals surface area contributed by atoms with Crippen molar-refractivity contribution in [3.8, 4) is 0 Å². The fourth-order valence-electron chi connectivity index (χ4n) is 4.11. The highest BCUT2D eigenvalue weighted by Crippen LogP contribution is 2.36. The molecule has 10 heteroatoms. The fraction of sp³-hybridized carbons (Fsp3) is 0.444. The molecule has 2 atom stereocenters. The van der Waals surface area contributed by atoms with Crippen LogP contribution in [-0.4, -0.2) is 55.1 Å². The largest absolute Gasteiger partial charge is 0.444 e. The number of nitrogens with zero attached hydrogens (tertiary/aromatic N) is 1. The monoisotopic (exact) mass is 545 g/mol. The molecular weight excluding hydrogens is 514 g/mol. The minimum atomic E-state index is -0.806. The number of hydrogen-bond donors (Lipinski definition) is 2. The van der Waals surface area contributed by atoms with Gasteiger partial charge in [-0.1, -0.05) is 23.7 Å². The standard InChI is InChI=1S/C27H32ClN3O5S/c1-27(2,3)36-26(34)30-21-16-37-23-9-6-19(24(32)29-13-18-10-11-35-15-18)12-22(23)31(25(21)33)14-17-4-7-20(28)8-5-17/h4-9,12,18,21H,10-11,13-16H2,1-3H3,(H,29,32)(H,30,34)/t18?,21-/m0/s1. The van der Waals surface area contributed by atoms with Crippen molar-refractivity contribution in [3.05, 3.63) is 58.6 Å². The van der Waals surface area contributed by atoms with Crippen LogP contribution in [0.25, 0.3) is 0 Å². The van der Waals surface area contributed by atoms with Crippen LogP contribution in [-0.2, 0) is 20.8 Å². The summed E-state index contributed by atoms with van der Waals surface area (Å²) in [4.78, 5) is 41.7. The minimum Gasteiger partial charge on any atom is -0.444 e. The van der Waals surface area contributed by atoms with Gasteiger partial charge in [-0.2, -0.15) is 0 Å². The summed E-state index contributed by atoms with van der Waals surface area (Å²) in [6.45, 7) is 7.47. The Morgan fingerprint density at radius 2 is 1.95 bits per heavy atom. The average Bonchev–Trinajstić information content (AvgIpc) is 3.33. The zero-order valence-corrected chi connectivity index (χ0v) is 22.8. The summed E-state index contributed by atoms with van der Waals surface area (Å²) < 4.78 is 10.8. The normalized spacial score (nSPS) is 19.7. The summed E-state index contributed by atoms with van der Waals surface area (Å²) in [6, 6.07) is 11.8. The molecule has 1 saturated heterocycles. The first-order chi connectivity index (χ1) is 17.6. The van der Waals surface area contributed by atoms with Crippen LogP contribution in [0.15, 0.2) is 47.4 Å². The second kappa shape index (κ2) is 11.8. The van der Waals surface area contributed by atoms with Crippen LogP contribution >= 0.6 is 23.4 Å². The third kappa shape index (κ3) is 7.40. The SMILES string of the molecule is CC(C)(C)OC(=O)N[C@H]1CSc2ccc(C(=O)NCC3CCOC3)cc2N(Cc2ccc(Cl)cc2)C1=O. The van der Waals surface area contributed by atoms with Gasteiger partial charge in [0.1, 0.15) is 11.6 Å². The van der Waals surface area contributed by atoms with Crippen LogP contribution in [0.4, 0.5) is 10.5 Å². The summed E-state index contributed by atoms with van der Waals surface area (Å²) in [6.07, 6.45) is 0.274. The molecule has 2 heterocycles. The molecule has 2 aliphatic heterocycles. The van der Waals surface area contributed by atoms with E-state index >= 15 is 0 Å². The van der Waals surface area contributed by atoms with Crippen molar-refractivity contribution in [1.82, 2.24) is 10.6 Å². The molecule has 1 fully saturated rings. The van der Waals surface area contributed by atoms with Gasteiger partial charge in [0.2, 0.25) is 0 Å². The summed E-state index contributed by atoms with van der Waals surface area (Å²) in [5.74, 6) is 0.150. The summed E-state index contributed by atoms with van der Waals surface area (Å²) in [5.41, 5.74) is 1.26. The van der Waals surface area contributed by atoms with Gasteiger partial charge in [-0.25, -0.2) is 4.79 Å². The number of alkyl carbamates (subject to hydrolysis) is 1. The number of ether oxygens (including phenoxy) is 2. The lowest BCUT2D eigenvalue weighted by atomic mass is 10.1. The van der Waals surface area contributed by atoms with Gasteiger partial charge in [0.15, 0.2) is 0 Å². The third-order valence-electron chi connectivity index (χ3n) is 6.00. The lowest BCUT2D eigenvalue weighted by molar-refractivity contribution is -0.120. The Morgan fingerprint density at radius 1 is 1.19 bits per heavy atom. The second-order valence-electron chi connectivity index (χ2n) is 10.2. The van der Waals surface area contributed by atoms with Gasteiger partial charge in [-0.3, -0.25) is 9.59 Å². The first-order valence-electron chi connectivity index (χ1n) is 12.3. The van der Waals surface area contributed by atoms with Crippen molar-refractivity contribution in [1.29, 1.82) is 0 Å². The lowest BCUT2D eigenvalue weighted by Gasteiger charge is -2.27. The molecule has 0 aromatic heterocycles. The molecule has 0 aliphatic carbocycles. The Kier molecular flexibility index (Phi) is 8.67. The van der Waals surface area contributed by atoms with Gasteiger partial charge < -0.3 is 25.0 Å². The molecule has 198 valence electrons. The Balaban J connectivity index is 1.59. The second-order valence-corrected chi connectivity index (χ2v) is 11.7. The van der Waals surface area contributed by atoms with Crippen LogP contribution in [0, 0.1) is 5.92 Å². The molecule has 0 radical (unpaired) electrons. The van der Waals surface area contributed by atoms with E-state index in [-0.39, 0.29) is 18.4 Å². The van der Waals surface area contributed by atoms with Gasteiger partial charge in [-0.15, -0.1) is 11.8 Å². The minimum absolute atomic E-state index is 0.203. The highest BCUT2D eigenvalue weighted by Gasteiger charge is 2.33. The number of halogens is 1. The Bertz CT molecular complexity index is 1150. The predicted molar refractivity (Wildman–Crippen MR) is 144 cm³/mol. The maximum atomic E-state index is 13.8. The molecule has 8 nitrogen and oxygen atoms in total. The molecule has 2 aromatic rings. The number of thioether (sulfide) groups is 1. The first kappa shape index (κ1) is 27.3. The summed E-state index contributed by atoms with van der Waals surface area (Å²) in [5, 5.41) is 6.31. The molecule has 0 spiro atoms. The van der Waals surface area contributed by atoms with Gasteiger partial charge in [0, 0.05) is 40.3 Å². The Hall–Kier alpha value is -2.75. The van der Waals surface area contributed by atoms with Crippen molar-refractivity contribution in [2.75, 3.05) is 30.4 Å². The Morgan fingerprint density at radius 3 is 2.62 bits per heavy atom. The van der Waals surface area contributed by atoms with E-state index in [0.29, 0.717) is 41.1 Å². The Labute approximate surface area is 226 Å². The van der Waals surface area contributed by atoms with E-state index in [1.807, 2.05) is 18.2 Å². The molecule has 2 aliphatic rings. The van der Waals surface area contributed by atoms with Crippen molar-refractivity contribution < 1.29 is 23.9 Å². The molecule has 0 saturated carbocycles. The van der Waals surface area contributed by atoms with Crippen molar-refractivity contribution in [2.24, 2.45) is 5.92 Å². The van der Waals surface area contributed by atoms with E-state index < -0.39 is 17.7 Å². The van der Waals surface area contributed by atoms with Gasteiger partial charge in [0.05, 0.1) is 18.8 Å². The average molecular weight is 546 g/mol. The number of carbonyl (C=O) groups is 3. The third-order valence-corrected chi connectivity index (χ3v) is 7.41. The summed E-state index contributed by atoms with van der Waals surface area (Å²) in [7, 11) is 0. The molecule has 2 N–H and O–H groups in total. The molecule has 3 amide bonds. The van der Waals surface area contributed by atoms with E-state index in [1.165, 1.54) is 11.8 Å². The molecule has 1 unspecified atom stereocenters. The van der Waals surface area contributed by atoms with E-state index in [1.54, 1.807) is 49.9 Å². The smallest absolute Gasteiger partial charge is 0.408 e. The van der Waals surface area contributed by atoms with Crippen LogP contribution in [0.2, 0.25) is 5.02 Å². The van der Waals surface area contributed by atoms with Gasteiger partial charge in [-0.05, 0) is 63.1 Å². The van der Waals surface area contributed by atoms with Crippen molar-refractivity contribution >= 4 is 47.0 Å². The number of rotatable bonds is 6. The van der Waals surface area contributed by atoms with E-state index in [0.717, 1.165) is 23.5 Å². The zero-order chi connectivity index (χ0) is 26.6. The fourth-order valence-corrected chi connectivity index (χ4v) is 5.29. The molecular formula is C27H32ClN3O5S. The van der Waals surface area contributed by atoms with Gasteiger partial charge >= 0.3 is 6.09 Å². The molecule has 4 rings (SSSR count). The number of nitrogens with one attached hydrogen (secondary N) is 2. The van der Waals surface area contributed by atoms with Gasteiger partial charge in [0.25, 0.3) is 11.8 Å². The highest BCUT2D eigenvalue weighted by atomic mass is 35.5. The quantitative estimate of drug-likeness (QED) is 0.549. The number of anilines is 1. The molecule has 0 bridgehead atoms. The van der Waals surface area contributed by atoms with Crippen LogP contribution < -0.4 is 15.5 Å². The summed E-state index contributed by atoms with van der Waals surface area (Å²) >= 11 is 7.51. The van der Waals surface area contributed by atoms with Crippen molar-refractivity contribution in [2.45, 2.75) is 50.3 Å². The predicted octanol–water partition coefficient (Wildman–Crippen LogP) is 4.64.